The largest absolute Gasteiger partial charge is 0.473 e. The van der Waals surface area contributed by atoms with Crippen molar-refractivity contribution in [2.45, 2.75) is 13.3 Å². The summed E-state index contributed by atoms with van der Waals surface area (Å²) in [7, 11) is 0. The standard InChI is InChI=1S/C20H20N4O/c21-11-12-23-18-7-3-4-8-19(18)24(20(23)22)14-25-17-10-9-15-5-1-2-6-16(15)13-17/h1-10,13,22H,11-12,14,21H2. The van der Waals surface area contributed by atoms with Gasteiger partial charge in [-0.25, -0.2) is 0 Å². The number of ether oxygens (including phenoxy) is 1. The highest BCUT2D eigenvalue weighted by Crippen LogP contribution is 2.21. The fraction of sp³-hybridized carbons (Fsp3) is 0.150. The van der Waals surface area contributed by atoms with Gasteiger partial charge in [-0.1, -0.05) is 42.5 Å². The molecule has 126 valence electrons. The summed E-state index contributed by atoms with van der Waals surface area (Å²) in [5.41, 5.74) is 8.07. The van der Waals surface area contributed by atoms with Gasteiger partial charge in [0.2, 0.25) is 5.62 Å². The van der Waals surface area contributed by atoms with Gasteiger partial charge in [0, 0.05) is 13.1 Å². The van der Waals surface area contributed by atoms with E-state index in [4.69, 9.17) is 15.9 Å². The second-order valence-electron chi connectivity index (χ2n) is 5.96. The first-order chi connectivity index (χ1) is 12.3. The van der Waals surface area contributed by atoms with E-state index in [0.29, 0.717) is 18.7 Å². The van der Waals surface area contributed by atoms with E-state index in [1.54, 1.807) is 0 Å². The Kier molecular flexibility index (Phi) is 3.99. The van der Waals surface area contributed by atoms with Crippen LogP contribution in [0.2, 0.25) is 0 Å². The Balaban J connectivity index is 1.68. The van der Waals surface area contributed by atoms with Crippen LogP contribution in [0.5, 0.6) is 5.75 Å². The molecule has 1 heterocycles. The number of rotatable bonds is 5. The number of nitrogens with two attached hydrogens (primary N) is 1. The van der Waals surface area contributed by atoms with Crippen LogP contribution >= 0.6 is 0 Å². The molecule has 0 saturated carbocycles. The second kappa shape index (κ2) is 6.45. The molecular weight excluding hydrogens is 312 g/mol. The van der Waals surface area contributed by atoms with Crippen molar-refractivity contribution >= 4 is 21.8 Å². The van der Waals surface area contributed by atoms with E-state index in [1.807, 2.05) is 57.7 Å². The number of aromatic nitrogens is 2. The minimum absolute atomic E-state index is 0.287. The zero-order chi connectivity index (χ0) is 17.2. The number of imidazole rings is 1. The number of nitrogens with zero attached hydrogens (tertiary/aromatic N) is 2. The monoisotopic (exact) mass is 332 g/mol. The molecule has 0 aliphatic carbocycles. The maximum atomic E-state index is 8.47. The minimum atomic E-state index is 0.287. The van der Waals surface area contributed by atoms with Crippen molar-refractivity contribution in [2.75, 3.05) is 6.54 Å². The third kappa shape index (κ3) is 2.79. The third-order valence-electron chi connectivity index (χ3n) is 4.41. The van der Waals surface area contributed by atoms with Crippen molar-refractivity contribution < 1.29 is 4.74 Å². The molecule has 3 aromatic carbocycles. The van der Waals surface area contributed by atoms with E-state index in [1.165, 1.54) is 5.39 Å². The Morgan fingerprint density at radius 1 is 0.840 bits per heavy atom. The van der Waals surface area contributed by atoms with Gasteiger partial charge in [0.05, 0.1) is 11.0 Å². The van der Waals surface area contributed by atoms with Gasteiger partial charge in [0.25, 0.3) is 0 Å². The summed E-state index contributed by atoms with van der Waals surface area (Å²) in [4.78, 5) is 0. The van der Waals surface area contributed by atoms with Crippen LogP contribution < -0.4 is 16.1 Å². The van der Waals surface area contributed by atoms with Crippen LogP contribution in [0.15, 0.2) is 66.7 Å². The van der Waals surface area contributed by atoms with Gasteiger partial charge >= 0.3 is 0 Å². The van der Waals surface area contributed by atoms with Gasteiger partial charge in [-0.05, 0) is 35.0 Å². The van der Waals surface area contributed by atoms with Gasteiger partial charge in [-0.3, -0.25) is 9.98 Å². The van der Waals surface area contributed by atoms with Crippen molar-refractivity contribution in [2.24, 2.45) is 5.73 Å². The molecule has 4 rings (SSSR count). The lowest BCUT2D eigenvalue weighted by atomic mass is 10.1. The maximum absolute atomic E-state index is 8.47. The summed E-state index contributed by atoms with van der Waals surface area (Å²) in [5, 5.41) is 10.8. The molecule has 4 aromatic rings. The molecule has 0 bridgehead atoms. The van der Waals surface area contributed by atoms with E-state index < -0.39 is 0 Å². The highest BCUT2D eigenvalue weighted by atomic mass is 16.5. The zero-order valence-electron chi connectivity index (χ0n) is 13.9. The van der Waals surface area contributed by atoms with Gasteiger partial charge in [0.15, 0.2) is 6.73 Å². The predicted octanol–water partition coefficient (Wildman–Crippen LogP) is 3.07. The van der Waals surface area contributed by atoms with E-state index >= 15 is 0 Å². The second-order valence-corrected chi connectivity index (χ2v) is 5.96. The summed E-state index contributed by atoms with van der Waals surface area (Å²) in [6.07, 6.45) is 0. The lowest BCUT2D eigenvalue weighted by molar-refractivity contribution is 0.233. The van der Waals surface area contributed by atoms with Gasteiger partial charge in [-0.15, -0.1) is 0 Å². The van der Waals surface area contributed by atoms with Crippen LogP contribution in [0.25, 0.3) is 21.8 Å². The van der Waals surface area contributed by atoms with Crippen molar-refractivity contribution in [3.63, 3.8) is 0 Å². The summed E-state index contributed by atoms with van der Waals surface area (Å²) >= 11 is 0. The first-order valence-corrected chi connectivity index (χ1v) is 8.32. The Morgan fingerprint density at radius 2 is 1.52 bits per heavy atom. The summed E-state index contributed by atoms with van der Waals surface area (Å²) in [6, 6.07) is 22.2. The van der Waals surface area contributed by atoms with Crippen LogP contribution in [-0.4, -0.2) is 15.7 Å². The molecule has 0 unspecified atom stereocenters. The smallest absolute Gasteiger partial charge is 0.205 e. The van der Waals surface area contributed by atoms with Gasteiger partial charge < -0.3 is 15.0 Å². The molecule has 0 amide bonds. The highest BCUT2D eigenvalue weighted by Gasteiger charge is 2.10. The first kappa shape index (κ1) is 15.5. The highest BCUT2D eigenvalue weighted by molar-refractivity contribution is 5.83. The normalized spacial score (nSPS) is 11.2. The molecule has 3 N–H and O–H groups in total. The number of hydrogen-bond donors (Lipinski definition) is 2. The molecule has 0 radical (unpaired) electrons. The van der Waals surface area contributed by atoms with Crippen LogP contribution in [0.1, 0.15) is 0 Å². The van der Waals surface area contributed by atoms with E-state index in [-0.39, 0.29) is 6.73 Å². The SMILES string of the molecule is N=c1n(CCN)c2ccccc2n1COc1ccc2ccccc2c1. The molecule has 0 aliphatic rings. The topological polar surface area (TPSA) is 69.0 Å². The number of benzene rings is 3. The van der Waals surface area contributed by atoms with Gasteiger partial charge in [0.1, 0.15) is 5.75 Å². The summed E-state index contributed by atoms with van der Waals surface area (Å²) in [5.74, 6) is 0.793. The quantitative estimate of drug-likeness (QED) is 0.590. The Morgan fingerprint density at radius 3 is 2.28 bits per heavy atom. The fourth-order valence-electron chi connectivity index (χ4n) is 3.18. The molecular formula is C20H20N4O. The van der Waals surface area contributed by atoms with Gasteiger partial charge in [-0.2, -0.15) is 0 Å². The molecule has 25 heavy (non-hydrogen) atoms. The number of nitrogens with one attached hydrogen (secondary N) is 1. The van der Waals surface area contributed by atoms with Crippen molar-refractivity contribution in [1.29, 1.82) is 5.41 Å². The number of hydrogen-bond acceptors (Lipinski definition) is 3. The van der Waals surface area contributed by atoms with E-state index in [0.717, 1.165) is 22.2 Å². The fourth-order valence-corrected chi connectivity index (χ4v) is 3.18. The van der Waals surface area contributed by atoms with E-state index in [9.17, 15) is 0 Å². The predicted molar refractivity (Wildman–Crippen MR) is 99.4 cm³/mol. The minimum Gasteiger partial charge on any atom is -0.473 e. The molecule has 0 fully saturated rings. The lowest BCUT2D eigenvalue weighted by Crippen LogP contribution is -2.28. The molecule has 5 heteroatoms. The summed E-state index contributed by atoms with van der Waals surface area (Å²) < 4.78 is 9.76. The molecule has 0 saturated heterocycles. The summed E-state index contributed by atoms with van der Waals surface area (Å²) in [6.45, 7) is 1.40. The molecule has 0 aliphatic heterocycles. The average Bonchev–Trinajstić information content (AvgIpc) is 2.92. The van der Waals surface area contributed by atoms with Crippen LogP contribution in [-0.2, 0) is 13.3 Å². The number of para-hydroxylation sites is 2. The Bertz CT molecular complexity index is 1090. The Labute approximate surface area is 145 Å². The van der Waals surface area contributed by atoms with Crippen LogP contribution in [0.4, 0.5) is 0 Å². The van der Waals surface area contributed by atoms with Crippen LogP contribution in [0.3, 0.4) is 0 Å². The average molecular weight is 332 g/mol. The molecule has 5 nitrogen and oxygen atoms in total. The zero-order valence-corrected chi connectivity index (χ0v) is 13.9. The maximum Gasteiger partial charge on any atom is 0.205 e. The molecule has 0 spiro atoms. The lowest BCUT2D eigenvalue weighted by Gasteiger charge is -2.09. The first-order valence-electron chi connectivity index (χ1n) is 8.32. The van der Waals surface area contributed by atoms with Crippen molar-refractivity contribution in [1.82, 2.24) is 9.13 Å². The van der Waals surface area contributed by atoms with Crippen molar-refractivity contribution in [3.05, 3.63) is 72.3 Å². The molecule has 1 aromatic heterocycles. The Hall–Kier alpha value is -3.05. The van der Waals surface area contributed by atoms with Crippen LogP contribution in [0, 0.1) is 5.41 Å². The molecule has 0 atom stereocenters. The van der Waals surface area contributed by atoms with Crippen molar-refractivity contribution in [3.8, 4) is 5.75 Å². The van der Waals surface area contributed by atoms with E-state index in [2.05, 4.69) is 18.2 Å². The third-order valence-corrected chi connectivity index (χ3v) is 4.41. The number of fused-ring (bicyclic) bond motifs is 2.